The number of fused-ring (bicyclic) bond motifs is 1. The van der Waals surface area contributed by atoms with Crippen LogP contribution in [0, 0.1) is 0 Å². The van der Waals surface area contributed by atoms with Gasteiger partial charge in [-0.2, -0.15) is 0 Å². The van der Waals surface area contributed by atoms with Crippen LogP contribution in [0.5, 0.6) is 0 Å². The minimum atomic E-state index is 0.677. The minimum Gasteiger partial charge on any atom is -0.354 e. The molecule has 1 N–H and O–H groups in total. The molecule has 1 aliphatic rings. The number of nitrogens with zero attached hydrogens (tertiary/aromatic N) is 6. The van der Waals surface area contributed by atoms with E-state index in [1.807, 2.05) is 12.1 Å². The normalized spacial score (nSPS) is 17.6. The van der Waals surface area contributed by atoms with Gasteiger partial charge in [0.25, 0.3) is 0 Å². The summed E-state index contributed by atoms with van der Waals surface area (Å²) < 4.78 is 1.47. The van der Waals surface area contributed by atoms with Crippen molar-refractivity contribution in [2.45, 2.75) is 6.42 Å². The Balaban J connectivity index is 1.91. The fourth-order valence-corrected chi connectivity index (χ4v) is 1.88. The van der Waals surface area contributed by atoms with Crippen LogP contribution in [0.4, 0.5) is 5.82 Å². The fraction of sp³-hybridized carbons (Fsp3) is 0.556. The number of hydrogen-bond donors (Lipinski definition) is 1. The molecular weight excluding hydrogens is 206 g/mol. The molecular formula is C9H13N7. The van der Waals surface area contributed by atoms with Gasteiger partial charge in [0.1, 0.15) is 0 Å². The smallest absolute Gasteiger partial charge is 0.200 e. The first-order valence-corrected chi connectivity index (χ1v) is 5.44. The van der Waals surface area contributed by atoms with Gasteiger partial charge >= 0.3 is 0 Å². The second-order valence-electron chi connectivity index (χ2n) is 3.81. The molecule has 0 radical (unpaired) electrons. The molecule has 3 rings (SSSR count). The molecule has 84 valence electrons. The van der Waals surface area contributed by atoms with Gasteiger partial charge in [-0.05, 0) is 35.5 Å². The molecule has 16 heavy (non-hydrogen) atoms. The molecule has 0 bridgehead atoms. The zero-order valence-corrected chi connectivity index (χ0v) is 8.87. The molecule has 0 aliphatic carbocycles. The summed E-state index contributed by atoms with van der Waals surface area (Å²) in [7, 11) is 0. The monoisotopic (exact) mass is 219 g/mol. The molecule has 3 heterocycles. The van der Waals surface area contributed by atoms with E-state index in [0.29, 0.717) is 5.65 Å². The van der Waals surface area contributed by atoms with Crippen LogP contribution in [-0.4, -0.2) is 51.4 Å². The van der Waals surface area contributed by atoms with Crippen molar-refractivity contribution in [1.82, 2.24) is 30.6 Å². The van der Waals surface area contributed by atoms with Crippen molar-refractivity contribution in [2.75, 3.05) is 31.1 Å². The van der Waals surface area contributed by atoms with E-state index in [0.717, 1.165) is 38.4 Å². The largest absolute Gasteiger partial charge is 0.354 e. The standard InChI is InChI=1S/C9H13N7/c1-4-10-5-7-15(6-1)9-3-2-8-11-13-14-16(8)12-9/h2-3,10H,1,4-7H2. The molecule has 7 heteroatoms. The van der Waals surface area contributed by atoms with Crippen molar-refractivity contribution in [3.05, 3.63) is 12.1 Å². The van der Waals surface area contributed by atoms with Crippen LogP contribution in [0.25, 0.3) is 5.65 Å². The van der Waals surface area contributed by atoms with Crippen molar-refractivity contribution in [3.8, 4) is 0 Å². The van der Waals surface area contributed by atoms with Gasteiger partial charge in [-0.3, -0.25) is 0 Å². The first-order valence-electron chi connectivity index (χ1n) is 5.44. The highest BCUT2D eigenvalue weighted by atomic mass is 15.6. The van der Waals surface area contributed by atoms with Crippen molar-refractivity contribution in [2.24, 2.45) is 0 Å². The van der Waals surface area contributed by atoms with Gasteiger partial charge < -0.3 is 10.2 Å². The number of hydrogen-bond acceptors (Lipinski definition) is 6. The molecule has 0 amide bonds. The van der Waals surface area contributed by atoms with Crippen LogP contribution in [0.2, 0.25) is 0 Å². The maximum absolute atomic E-state index is 4.38. The predicted octanol–water partition coefficient (Wildman–Crippen LogP) is -0.681. The Morgan fingerprint density at radius 1 is 1.19 bits per heavy atom. The number of tetrazole rings is 1. The number of nitrogens with one attached hydrogen (secondary N) is 1. The minimum absolute atomic E-state index is 0.677. The lowest BCUT2D eigenvalue weighted by Gasteiger charge is -2.20. The highest BCUT2D eigenvalue weighted by Crippen LogP contribution is 2.11. The van der Waals surface area contributed by atoms with E-state index in [2.05, 4.69) is 30.8 Å². The van der Waals surface area contributed by atoms with Crippen LogP contribution in [0.1, 0.15) is 6.42 Å². The van der Waals surface area contributed by atoms with Gasteiger partial charge in [0.15, 0.2) is 11.5 Å². The van der Waals surface area contributed by atoms with Crippen molar-refractivity contribution >= 4 is 11.5 Å². The van der Waals surface area contributed by atoms with Gasteiger partial charge in [-0.1, -0.05) is 0 Å². The summed E-state index contributed by atoms with van der Waals surface area (Å²) in [5.74, 6) is 0.934. The molecule has 1 aliphatic heterocycles. The Hall–Kier alpha value is -1.76. The number of aromatic nitrogens is 5. The lowest BCUT2D eigenvalue weighted by Crippen LogP contribution is -2.29. The molecule has 0 aromatic carbocycles. The molecule has 2 aromatic heterocycles. The van der Waals surface area contributed by atoms with Gasteiger partial charge in [0.2, 0.25) is 0 Å². The van der Waals surface area contributed by atoms with E-state index in [9.17, 15) is 0 Å². The average Bonchev–Trinajstić information content (AvgIpc) is 2.61. The Morgan fingerprint density at radius 3 is 3.19 bits per heavy atom. The summed E-state index contributed by atoms with van der Waals surface area (Å²) >= 11 is 0. The molecule has 0 atom stereocenters. The molecule has 1 fully saturated rings. The number of anilines is 1. The van der Waals surface area contributed by atoms with Crippen LogP contribution in [0.15, 0.2) is 12.1 Å². The van der Waals surface area contributed by atoms with Crippen molar-refractivity contribution < 1.29 is 0 Å². The topological polar surface area (TPSA) is 71.2 Å². The highest BCUT2D eigenvalue weighted by molar-refractivity contribution is 5.44. The van der Waals surface area contributed by atoms with E-state index in [1.54, 1.807) is 0 Å². The van der Waals surface area contributed by atoms with Crippen LogP contribution >= 0.6 is 0 Å². The Morgan fingerprint density at radius 2 is 2.19 bits per heavy atom. The molecule has 7 nitrogen and oxygen atoms in total. The maximum Gasteiger partial charge on any atom is 0.200 e. The zero-order valence-electron chi connectivity index (χ0n) is 8.87. The van der Waals surface area contributed by atoms with Gasteiger partial charge in [0.05, 0.1) is 0 Å². The van der Waals surface area contributed by atoms with Crippen LogP contribution < -0.4 is 10.2 Å². The second-order valence-corrected chi connectivity index (χ2v) is 3.81. The van der Waals surface area contributed by atoms with E-state index in [1.165, 1.54) is 4.63 Å². The van der Waals surface area contributed by atoms with Crippen molar-refractivity contribution in [3.63, 3.8) is 0 Å². The molecule has 1 saturated heterocycles. The summed E-state index contributed by atoms with van der Waals surface area (Å²) in [6.45, 7) is 4.06. The fourth-order valence-electron chi connectivity index (χ4n) is 1.88. The van der Waals surface area contributed by atoms with Gasteiger partial charge in [0, 0.05) is 19.6 Å². The van der Waals surface area contributed by atoms with E-state index in [-0.39, 0.29) is 0 Å². The Bertz CT molecular complexity index is 471. The summed E-state index contributed by atoms with van der Waals surface area (Å²) in [5.41, 5.74) is 0.677. The SMILES string of the molecule is c1cc2nnnn2nc1N1CCCNCC1. The quantitative estimate of drug-likeness (QED) is 0.685. The summed E-state index contributed by atoms with van der Waals surface area (Å²) in [4.78, 5) is 2.25. The van der Waals surface area contributed by atoms with Gasteiger partial charge in [-0.15, -0.1) is 14.8 Å². The van der Waals surface area contributed by atoms with E-state index >= 15 is 0 Å². The lowest BCUT2D eigenvalue weighted by atomic mass is 10.4. The third-order valence-corrected chi connectivity index (χ3v) is 2.72. The summed E-state index contributed by atoms with van der Waals surface area (Å²) in [5, 5.41) is 18.9. The predicted molar refractivity (Wildman–Crippen MR) is 58.3 cm³/mol. The highest BCUT2D eigenvalue weighted by Gasteiger charge is 2.11. The Labute approximate surface area is 92.4 Å². The molecule has 0 spiro atoms. The van der Waals surface area contributed by atoms with Crippen LogP contribution in [0.3, 0.4) is 0 Å². The molecule has 0 unspecified atom stereocenters. The first kappa shape index (κ1) is 9.46. The second kappa shape index (κ2) is 4.01. The zero-order chi connectivity index (χ0) is 10.8. The number of rotatable bonds is 1. The van der Waals surface area contributed by atoms with E-state index < -0.39 is 0 Å². The third-order valence-electron chi connectivity index (χ3n) is 2.72. The van der Waals surface area contributed by atoms with Crippen LogP contribution in [-0.2, 0) is 0 Å². The molecule has 0 saturated carbocycles. The average molecular weight is 219 g/mol. The van der Waals surface area contributed by atoms with Gasteiger partial charge in [-0.25, -0.2) is 0 Å². The van der Waals surface area contributed by atoms with E-state index in [4.69, 9.17) is 0 Å². The Kier molecular flexibility index (Phi) is 2.37. The maximum atomic E-state index is 4.38. The summed E-state index contributed by atoms with van der Waals surface area (Å²) in [6, 6.07) is 3.86. The third kappa shape index (κ3) is 1.69. The molecule has 2 aromatic rings. The first-order chi connectivity index (χ1) is 7.93. The summed E-state index contributed by atoms with van der Waals surface area (Å²) in [6.07, 6.45) is 1.13. The van der Waals surface area contributed by atoms with Crippen molar-refractivity contribution in [1.29, 1.82) is 0 Å². The lowest BCUT2D eigenvalue weighted by molar-refractivity contribution is 0.707.